The van der Waals surface area contributed by atoms with E-state index in [1.807, 2.05) is 0 Å². The predicted octanol–water partition coefficient (Wildman–Crippen LogP) is 11.6. The number of hydrogen-bond acceptors (Lipinski definition) is 5. The van der Waals surface area contributed by atoms with Gasteiger partial charge in [0.1, 0.15) is 24.7 Å². The molecule has 0 bridgehead atoms. The highest BCUT2D eigenvalue weighted by Gasteiger charge is 2.31. The van der Waals surface area contributed by atoms with Crippen molar-refractivity contribution in [3.05, 3.63) is 57.6 Å². The smallest absolute Gasteiger partial charge is 0.493 e. The number of unbranched alkanes of at least 4 members (excludes halogenated alkanes) is 2. The standard InChI is InChI=1S/C38H62O5P/c1-15-17-19-40-33-29(35(3,4)5)21-27(22-30(33)36(6,7)8)25-42-44(39)43-26-28-23-31(37(9,10)11)34(41-20-18-16-2)32(24-28)38(12,13)14/h21-24H,15-20,25-26H2,1-14H3/q+1. The van der Waals surface area contributed by atoms with Gasteiger partial charge in [-0.2, -0.15) is 0 Å². The summed E-state index contributed by atoms with van der Waals surface area (Å²) >= 11 is 0. The van der Waals surface area contributed by atoms with Gasteiger partial charge in [-0.15, -0.1) is 9.05 Å². The first kappa shape index (κ1) is 38.2. The van der Waals surface area contributed by atoms with E-state index in [2.05, 4.69) is 121 Å². The van der Waals surface area contributed by atoms with E-state index in [0.717, 1.165) is 70.6 Å². The minimum absolute atomic E-state index is 0.127. The van der Waals surface area contributed by atoms with E-state index in [4.69, 9.17) is 18.5 Å². The van der Waals surface area contributed by atoms with Gasteiger partial charge in [0.05, 0.1) is 13.2 Å². The molecule has 6 heteroatoms. The van der Waals surface area contributed by atoms with Crippen LogP contribution in [0.4, 0.5) is 0 Å². The Kier molecular flexibility index (Phi) is 13.5. The number of benzene rings is 2. The maximum absolute atomic E-state index is 13.1. The second-order valence-corrected chi connectivity index (χ2v) is 17.2. The van der Waals surface area contributed by atoms with Crippen LogP contribution in [-0.4, -0.2) is 13.2 Å². The van der Waals surface area contributed by atoms with Crippen LogP contribution in [0.2, 0.25) is 0 Å². The number of hydrogen-bond donors (Lipinski definition) is 0. The SMILES string of the molecule is CCCCOc1c(C(C)(C)C)cc(CO[P+](=O)OCc2cc(C(C)(C)C)c(OCCCC)c(C(C)(C)C)c2)cc1C(C)(C)C. The van der Waals surface area contributed by atoms with Crippen molar-refractivity contribution in [3.8, 4) is 11.5 Å². The van der Waals surface area contributed by atoms with Crippen LogP contribution in [0, 0.1) is 0 Å². The van der Waals surface area contributed by atoms with Gasteiger partial charge in [0, 0.05) is 26.8 Å². The molecule has 0 aliphatic heterocycles. The highest BCUT2D eigenvalue weighted by Crippen LogP contribution is 2.43. The highest BCUT2D eigenvalue weighted by molar-refractivity contribution is 7.33. The Morgan fingerprint density at radius 3 is 1.02 bits per heavy atom. The topological polar surface area (TPSA) is 54.0 Å². The quantitative estimate of drug-likeness (QED) is 0.154. The van der Waals surface area contributed by atoms with Crippen LogP contribution < -0.4 is 9.47 Å². The monoisotopic (exact) mass is 629 g/mol. The molecule has 5 nitrogen and oxygen atoms in total. The molecule has 44 heavy (non-hydrogen) atoms. The predicted molar refractivity (Wildman–Crippen MR) is 186 cm³/mol. The molecule has 2 rings (SSSR count). The van der Waals surface area contributed by atoms with Gasteiger partial charge in [-0.1, -0.05) is 110 Å². The van der Waals surface area contributed by atoms with Crippen LogP contribution >= 0.6 is 8.25 Å². The van der Waals surface area contributed by atoms with Crippen LogP contribution in [-0.2, 0) is 48.5 Å². The van der Waals surface area contributed by atoms with E-state index in [0.29, 0.717) is 13.2 Å². The molecule has 0 radical (unpaired) electrons. The highest BCUT2D eigenvalue weighted by atomic mass is 31.1. The lowest BCUT2D eigenvalue weighted by Gasteiger charge is -2.30. The summed E-state index contributed by atoms with van der Waals surface area (Å²) in [6.45, 7) is 32.5. The summed E-state index contributed by atoms with van der Waals surface area (Å²) in [6.07, 6.45) is 4.19. The van der Waals surface area contributed by atoms with Gasteiger partial charge < -0.3 is 9.47 Å². The minimum atomic E-state index is -2.33. The summed E-state index contributed by atoms with van der Waals surface area (Å²) in [4.78, 5) is 0. The van der Waals surface area contributed by atoms with Crippen molar-refractivity contribution in [1.82, 2.24) is 0 Å². The first-order valence-corrected chi connectivity index (χ1v) is 17.6. The van der Waals surface area contributed by atoms with Crippen LogP contribution in [0.15, 0.2) is 24.3 Å². The number of rotatable bonds is 14. The third-order valence-corrected chi connectivity index (χ3v) is 8.37. The zero-order valence-corrected chi connectivity index (χ0v) is 31.3. The molecule has 0 N–H and O–H groups in total. The Labute approximate surface area is 270 Å². The lowest BCUT2D eigenvalue weighted by atomic mass is 9.78. The lowest BCUT2D eigenvalue weighted by Crippen LogP contribution is -2.21. The molecule has 0 aliphatic rings. The van der Waals surface area contributed by atoms with Gasteiger partial charge in [0.25, 0.3) is 0 Å². The first-order valence-electron chi connectivity index (χ1n) is 16.5. The molecule has 0 amide bonds. The normalized spacial score (nSPS) is 12.9. The summed E-state index contributed by atoms with van der Waals surface area (Å²) in [7, 11) is -2.33. The average Bonchev–Trinajstić information content (AvgIpc) is 2.89. The van der Waals surface area contributed by atoms with Crippen LogP contribution in [0.25, 0.3) is 0 Å². The Balaban J connectivity index is 2.32. The van der Waals surface area contributed by atoms with Crippen LogP contribution in [0.1, 0.15) is 156 Å². The summed E-state index contributed by atoms with van der Waals surface area (Å²) in [5, 5.41) is 0. The molecule has 248 valence electrons. The van der Waals surface area contributed by atoms with Crippen molar-refractivity contribution in [2.45, 2.75) is 157 Å². The van der Waals surface area contributed by atoms with Gasteiger partial charge >= 0.3 is 8.25 Å². The van der Waals surface area contributed by atoms with Crippen molar-refractivity contribution in [2.75, 3.05) is 13.2 Å². The zero-order valence-electron chi connectivity index (χ0n) is 30.5. The maximum atomic E-state index is 13.1. The fraction of sp³-hybridized carbons (Fsp3) is 0.684. The Morgan fingerprint density at radius 1 is 0.523 bits per heavy atom. The molecular weight excluding hydrogens is 567 g/mol. The fourth-order valence-electron chi connectivity index (χ4n) is 5.01. The molecule has 0 atom stereocenters. The van der Waals surface area contributed by atoms with Gasteiger partial charge in [0.15, 0.2) is 0 Å². The molecular formula is C38H62O5P+. The van der Waals surface area contributed by atoms with Crippen molar-refractivity contribution in [2.24, 2.45) is 0 Å². The second-order valence-electron chi connectivity index (χ2n) is 16.2. The molecule has 2 aromatic rings. The minimum Gasteiger partial charge on any atom is -0.493 e. The summed E-state index contributed by atoms with van der Waals surface area (Å²) < 4.78 is 37.5. The molecule has 0 spiro atoms. The van der Waals surface area contributed by atoms with Gasteiger partial charge in [0.2, 0.25) is 0 Å². The first-order chi connectivity index (χ1) is 20.2. The molecule has 0 unspecified atom stereocenters. The van der Waals surface area contributed by atoms with Crippen molar-refractivity contribution in [1.29, 1.82) is 0 Å². The van der Waals surface area contributed by atoms with Crippen LogP contribution in [0.3, 0.4) is 0 Å². The van der Waals surface area contributed by atoms with E-state index < -0.39 is 8.25 Å². The lowest BCUT2D eigenvalue weighted by molar-refractivity contribution is 0.212. The van der Waals surface area contributed by atoms with Gasteiger partial charge in [-0.25, -0.2) is 0 Å². The van der Waals surface area contributed by atoms with E-state index in [-0.39, 0.29) is 34.9 Å². The van der Waals surface area contributed by atoms with E-state index in [1.165, 1.54) is 0 Å². The van der Waals surface area contributed by atoms with Gasteiger partial charge in [-0.3, -0.25) is 0 Å². The molecule has 0 aromatic heterocycles. The van der Waals surface area contributed by atoms with E-state index in [1.54, 1.807) is 0 Å². The Morgan fingerprint density at radius 2 is 0.795 bits per heavy atom. The third-order valence-electron chi connectivity index (χ3n) is 7.69. The van der Waals surface area contributed by atoms with Gasteiger partial charge in [-0.05, 0) is 69.9 Å². The summed E-state index contributed by atoms with van der Waals surface area (Å²) in [5.41, 5.74) is 5.99. The van der Waals surface area contributed by atoms with E-state index >= 15 is 0 Å². The Bertz CT molecular complexity index is 1070. The molecule has 2 aromatic carbocycles. The van der Waals surface area contributed by atoms with Crippen molar-refractivity contribution >= 4 is 8.25 Å². The summed E-state index contributed by atoms with van der Waals surface area (Å²) in [6, 6.07) is 8.56. The number of ether oxygens (including phenoxy) is 2. The fourth-order valence-corrected chi connectivity index (χ4v) is 5.60. The van der Waals surface area contributed by atoms with Crippen molar-refractivity contribution in [3.63, 3.8) is 0 Å². The molecule has 0 saturated heterocycles. The molecule has 0 heterocycles. The Hall–Kier alpha value is -1.94. The molecule has 0 fully saturated rings. The second kappa shape index (κ2) is 15.6. The largest absolute Gasteiger partial charge is 0.698 e. The summed E-state index contributed by atoms with van der Waals surface area (Å²) in [5.74, 6) is 1.93. The van der Waals surface area contributed by atoms with Crippen molar-refractivity contribution < 1.29 is 23.1 Å². The van der Waals surface area contributed by atoms with E-state index in [9.17, 15) is 4.57 Å². The average molecular weight is 630 g/mol. The van der Waals surface area contributed by atoms with Crippen LogP contribution in [0.5, 0.6) is 11.5 Å². The maximum Gasteiger partial charge on any atom is 0.698 e. The molecule has 0 saturated carbocycles. The zero-order chi connectivity index (χ0) is 33.5. The molecule has 0 aliphatic carbocycles. The third kappa shape index (κ3) is 11.1.